The van der Waals surface area contributed by atoms with E-state index in [2.05, 4.69) is 5.32 Å². The van der Waals surface area contributed by atoms with Gasteiger partial charge in [-0.2, -0.15) is 5.26 Å². The Morgan fingerprint density at radius 1 is 1.19 bits per heavy atom. The molecule has 0 aromatic heterocycles. The number of hydrogen-bond donors (Lipinski definition) is 1. The average Bonchev–Trinajstić information content (AvgIpc) is 2.62. The van der Waals surface area contributed by atoms with E-state index in [9.17, 15) is 9.59 Å². The summed E-state index contributed by atoms with van der Waals surface area (Å²) < 4.78 is 10.6. The molecule has 26 heavy (non-hydrogen) atoms. The zero-order chi connectivity index (χ0) is 19.1. The number of nitriles is 1. The first-order valence-electron chi connectivity index (χ1n) is 8.09. The molecule has 0 unspecified atom stereocenters. The van der Waals surface area contributed by atoms with Crippen LogP contribution in [0.2, 0.25) is 0 Å². The molecule has 6 heteroatoms. The molecule has 2 aromatic carbocycles. The Kier molecular flexibility index (Phi) is 6.34. The monoisotopic (exact) mass is 352 g/mol. The second kappa shape index (κ2) is 8.67. The molecule has 0 bridgehead atoms. The molecule has 0 spiro atoms. The van der Waals surface area contributed by atoms with Crippen LogP contribution in [0.1, 0.15) is 23.6 Å². The molecule has 6 nitrogen and oxygen atoms in total. The summed E-state index contributed by atoms with van der Waals surface area (Å²) in [5.41, 5.74) is 2.82. The second-order valence-electron chi connectivity index (χ2n) is 5.87. The summed E-state index contributed by atoms with van der Waals surface area (Å²) in [7, 11) is 0. The first kappa shape index (κ1) is 19.0. The number of hydrogen-bond acceptors (Lipinski definition) is 5. The zero-order valence-electron chi connectivity index (χ0n) is 14.9. The molecular formula is C20H20N2O4. The molecule has 0 aliphatic heterocycles. The number of amides is 1. The van der Waals surface area contributed by atoms with E-state index in [0.717, 1.165) is 11.1 Å². The van der Waals surface area contributed by atoms with E-state index in [1.165, 1.54) is 13.0 Å². The predicted octanol–water partition coefficient (Wildman–Crippen LogP) is 3.12. The van der Waals surface area contributed by atoms with Crippen LogP contribution in [0.5, 0.6) is 5.75 Å². The minimum Gasteiger partial charge on any atom is -0.482 e. The SMILES string of the molecule is Cc1ccc(C)c(OCC(=O)O[C@H](C)C(=O)Nc2cccc(C#N)c2)c1. The highest BCUT2D eigenvalue weighted by Crippen LogP contribution is 2.19. The third kappa shape index (κ3) is 5.35. The largest absolute Gasteiger partial charge is 0.482 e. The molecule has 1 N–H and O–H groups in total. The summed E-state index contributed by atoms with van der Waals surface area (Å²) in [4.78, 5) is 24.0. The number of rotatable bonds is 6. The van der Waals surface area contributed by atoms with Gasteiger partial charge in [0.15, 0.2) is 12.7 Å². The van der Waals surface area contributed by atoms with Crippen molar-refractivity contribution in [2.24, 2.45) is 0 Å². The molecule has 134 valence electrons. The number of nitrogens with zero attached hydrogens (tertiary/aromatic N) is 1. The van der Waals surface area contributed by atoms with Crippen LogP contribution in [-0.4, -0.2) is 24.6 Å². The second-order valence-corrected chi connectivity index (χ2v) is 5.87. The fraction of sp³-hybridized carbons (Fsp3) is 0.250. The van der Waals surface area contributed by atoms with Crippen molar-refractivity contribution in [3.63, 3.8) is 0 Å². The van der Waals surface area contributed by atoms with Crippen molar-refractivity contribution in [1.82, 2.24) is 0 Å². The first-order chi connectivity index (χ1) is 12.4. The van der Waals surface area contributed by atoms with Crippen LogP contribution in [0.15, 0.2) is 42.5 Å². The Morgan fingerprint density at radius 2 is 1.96 bits per heavy atom. The van der Waals surface area contributed by atoms with Crippen molar-refractivity contribution in [3.8, 4) is 11.8 Å². The van der Waals surface area contributed by atoms with Gasteiger partial charge >= 0.3 is 5.97 Å². The highest BCUT2D eigenvalue weighted by Gasteiger charge is 2.18. The fourth-order valence-corrected chi connectivity index (χ4v) is 2.19. The quantitative estimate of drug-likeness (QED) is 0.807. The molecule has 0 saturated heterocycles. The summed E-state index contributed by atoms with van der Waals surface area (Å²) in [5.74, 6) is -0.521. The van der Waals surface area contributed by atoms with Gasteiger partial charge in [-0.05, 0) is 56.2 Å². The lowest BCUT2D eigenvalue weighted by Crippen LogP contribution is -2.31. The Labute approximate surface area is 152 Å². The van der Waals surface area contributed by atoms with Crippen LogP contribution < -0.4 is 10.1 Å². The van der Waals surface area contributed by atoms with Crippen LogP contribution in [0.25, 0.3) is 0 Å². The van der Waals surface area contributed by atoms with Crippen LogP contribution in [0.3, 0.4) is 0 Å². The van der Waals surface area contributed by atoms with Gasteiger partial charge in [-0.1, -0.05) is 18.2 Å². The number of nitrogens with one attached hydrogen (secondary N) is 1. The Morgan fingerprint density at radius 3 is 2.69 bits per heavy atom. The fourth-order valence-electron chi connectivity index (χ4n) is 2.19. The van der Waals surface area contributed by atoms with Gasteiger partial charge in [-0.25, -0.2) is 4.79 Å². The van der Waals surface area contributed by atoms with Crippen LogP contribution >= 0.6 is 0 Å². The average molecular weight is 352 g/mol. The summed E-state index contributed by atoms with van der Waals surface area (Å²) in [6.07, 6.45) is -0.990. The van der Waals surface area contributed by atoms with Gasteiger partial charge in [-0.3, -0.25) is 4.79 Å². The molecule has 0 radical (unpaired) electrons. The molecule has 0 aliphatic carbocycles. The topological polar surface area (TPSA) is 88.4 Å². The van der Waals surface area contributed by atoms with E-state index < -0.39 is 18.0 Å². The molecule has 2 aromatic rings. The molecule has 1 atom stereocenters. The number of ether oxygens (including phenoxy) is 2. The minimum absolute atomic E-state index is 0.286. The number of anilines is 1. The van der Waals surface area contributed by atoms with E-state index in [1.807, 2.05) is 38.1 Å². The molecule has 0 heterocycles. The summed E-state index contributed by atoms with van der Waals surface area (Å²) in [6.45, 7) is 5.00. The zero-order valence-corrected chi connectivity index (χ0v) is 14.9. The van der Waals surface area contributed by atoms with Gasteiger partial charge in [0.05, 0.1) is 11.6 Å². The van der Waals surface area contributed by atoms with Crippen molar-refractivity contribution in [2.75, 3.05) is 11.9 Å². The Balaban J connectivity index is 1.86. The van der Waals surface area contributed by atoms with Gasteiger partial charge in [-0.15, -0.1) is 0 Å². The van der Waals surface area contributed by atoms with Gasteiger partial charge in [0.25, 0.3) is 5.91 Å². The van der Waals surface area contributed by atoms with Crippen LogP contribution in [0.4, 0.5) is 5.69 Å². The van der Waals surface area contributed by atoms with Crippen molar-refractivity contribution >= 4 is 17.6 Å². The minimum atomic E-state index is -0.990. The maximum absolute atomic E-state index is 12.1. The van der Waals surface area contributed by atoms with Crippen molar-refractivity contribution in [3.05, 3.63) is 59.2 Å². The van der Waals surface area contributed by atoms with E-state index in [4.69, 9.17) is 14.7 Å². The Hall–Kier alpha value is -3.33. The van der Waals surface area contributed by atoms with Gasteiger partial charge in [0.2, 0.25) is 0 Å². The van der Waals surface area contributed by atoms with E-state index >= 15 is 0 Å². The number of esters is 1. The molecule has 0 aliphatic rings. The van der Waals surface area contributed by atoms with Gasteiger partial charge in [0.1, 0.15) is 5.75 Å². The molecule has 0 saturated carbocycles. The predicted molar refractivity (Wildman–Crippen MR) is 96.8 cm³/mol. The molecular weight excluding hydrogens is 332 g/mol. The standard InChI is InChI=1S/C20H20N2O4/c1-13-7-8-14(2)18(9-13)25-12-19(23)26-15(3)20(24)22-17-6-4-5-16(10-17)11-21/h4-10,15H,12H2,1-3H3,(H,22,24)/t15-/m1/s1. The lowest BCUT2D eigenvalue weighted by Gasteiger charge is -2.14. The first-order valence-corrected chi connectivity index (χ1v) is 8.09. The van der Waals surface area contributed by atoms with E-state index in [1.54, 1.807) is 18.2 Å². The third-order valence-electron chi connectivity index (χ3n) is 3.63. The highest BCUT2D eigenvalue weighted by molar-refractivity contribution is 5.95. The Bertz CT molecular complexity index is 855. The maximum atomic E-state index is 12.1. The van der Waals surface area contributed by atoms with Crippen LogP contribution in [-0.2, 0) is 14.3 Å². The number of benzene rings is 2. The third-order valence-corrected chi connectivity index (χ3v) is 3.63. The number of carbonyl (C=O) groups excluding carboxylic acids is 2. The summed E-state index contributed by atoms with van der Waals surface area (Å²) in [6, 6.07) is 14.2. The summed E-state index contributed by atoms with van der Waals surface area (Å²) in [5, 5.41) is 11.5. The van der Waals surface area contributed by atoms with Crippen molar-refractivity contribution in [2.45, 2.75) is 26.9 Å². The van der Waals surface area contributed by atoms with E-state index in [0.29, 0.717) is 17.0 Å². The normalized spacial score (nSPS) is 11.2. The van der Waals surface area contributed by atoms with Crippen molar-refractivity contribution < 1.29 is 19.1 Å². The maximum Gasteiger partial charge on any atom is 0.344 e. The van der Waals surface area contributed by atoms with E-state index in [-0.39, 0.29) is 6.61 Å². The molecule has 2 rings (SSSR count). The summed E-state index contributed by atoms with van der Waals surface area (Å²) >= 11 is 0. The van der Waals surface area contributed by atoms with Gasteiger partial charge in [0, 0.05) is 5.69 Å². The van der Waals surface area contributed by atoms with Gasteiger partial charge < -0.3 is 14.8 Å². The molecule has 1 amide bonds. The lowest BCUT2D eigenvalue weighted by atomic mass is 10.1. The van der Waals surface area contributed by atoms with Crippen LogP contribution in [0, 0.1) is 25.2 Å². The molecule has 0 fully saturated rings. The lowest BCUT2D eigenvalue weighted by molar-refractivity contribution is -0.155. The smallest absolute Gasteiger partial charge is 0.344 e. The number of aryl methyl sites for hydroxylation is 2. The highest BCUT2D eigenvalue weighted by atomic mass is 16.6. The van der Waals surface area contributed by atoms with Crippen molar-refractivity contribution in [1.29, 1.82) is 5.26 Å². The number of carbonyl (C=O) groups is 2.